The number of carbonyl (C=O) groups is 1. The molecule has 0 spiro atoms. The van der Waals surface area contributed by atoms with Crippen LogP contribution in [0.1, 0.15) is 45.2 Å². The van der Waals surface area contributed by atoms with Crippen molar-refractivity contribution in [3.63, 3.8) is 0 Å². The minimum atomic E-state index is -0.221. The summed E-state index contributed by atoms with van der Waals surface area (Å²) >= 11 is 0. The van der Waals surface area contributed by atoms with E-state index in [1.165, 1.54) is 0 Å². The Morgan fingerprint density at radius 1 is 1.14 bits per heavy atom. The van der Waals surface area contributed by atoms with E-state index in [4.69, 9.17) is 5.73 Å². The van der Waals surface area contributed by atoms with Crippen molar-refractivity contribution < 1.29 is 4.79 Å². The van der Waals surface area contributed by atoms with Crippen LogP contribution in [0.2, 0.25) is 0 Å². The lowest BCUT2D eigenvalue weighted by Gasteiger charge is -2.36. The molecule has 21 heavy (non-hydrogen) atoms. The second kappa shape index (κ2) is 7.08. The molecule has 3 nitrogen and oxygen atoms in total. The summed E-state index contributed by atoms with van der Waals surface area (Å²) in [5.74, 6) is 1.51. The van der Waals surface area contributed by atoms with Gasteiger partial charge in [-0.3, -0.25) is 4.79 Å². The van der Waals surface area contributed by atoms with Crippen molar-refractivity contribution in [1.29, 1.82) is 0 Å². The Balaban J connectivity index is 1.94. The molecule has 0 radical (unpaired) electrons. The third-order valence-corrected chi connectivity index (χ3v) is 4.91. The Morgan fingerprint density at radius 2 is 1.71 bits per heavy atom. The van der Waals surface area contributed by atoms with Crippen LogP contribution in [0.5, 0.6) is 0 Å². The zero-order chi connectivity index (χ0) is 15.4. The molecule has 0 aromatic heterocycles. The summed E-state index contributed by atoms with van der Waals surface area (Å²) in [4.78, 5) is 14.6. The van der Waals surface area contributed by atoms with Gasteiger partial charge in [0.15, 0.2) is 0 Å². The summed E-state index contributed by atoms with van der Waals surface area (Å²) in [6.07, 6.45) is 2.24. The van der Waals surface area contributed by atoms with E-state index in [2.05, 4.69) is 13.8 Å². The molecule has 2 N–H and O–H groups in total. The first kappa shape index (κ1) is 16.0. The maximum Gasteiger partial charge on any atom is 0.227 e. The van der Waals surface area contributed by atoms with Crippen LogP contribution < -0.4 is 5.73 Å². The summed E-state index contributed by atoms with van der Waals surface area (Å²) in [5, 5.41) is 0. The van der Waals surface area contributed by atoms with E-state index in [1.807, 2.05) is 42.2 Å². The maximum atomic E-state index is 12.6. The molecule has 1 amide bonds. The van der Waals surface area contributed by atoms with Crippen LogP contribution in [0.3, 0.4) is 0 Å². The first-order valence-electron chi connectivity index (χ1n) is 8.10. The molecule has 1 fully saturated rings. The molecular formula is C18H28N2O. The molecule has 0 saturated carbocycles. The van der Waals surface area contributed by atoms with E-state index in [0.717, 1.165) is 37.4 Å². The summed E-state index contributed by atoms with van der Waals surface area (Å²) in [6.45, 7) is 8.27. The maximum absolute atomic E-state index is 12.6. The van der Waals surface area contributed by atoms with E-state index < -0.39 is 0 Å². The molecule has 2 rings (SSSR count). The fourth-order valence-electron chi connectivity index (χ4n) is 3.19. The molecule has 1 saturated heterocycles. The molecule has 0 bridgehead atoms. The molecule has 1 aliphatic rings. The highest BCUT2D eigenvalue weighted by molar-refractivity contribution is 5.79. The fourth-order valence-corrected chi connectivity index (χ4v) is 3.19. The lowest BCUT2D eigenvalue weighted by atomic mass is 9.86. The topological polar surface area (TPSA) is 46.3 Å². The van der Waals surface area contributed by atoms with E-state index in [-0.39, 0.29) is 17.9 Å². The van der Waals surface area contributed by atoms with Gasteiger partial charge in [0.2, 0.25) is 5.91 Å². The van der Waals surface area contributed by atoms with Gasteiger partial charge in [-0.15, -0.1) is 0 Å². The number of nitrogens with two attached hydrogens (primary N) is 1. The number of hydrogen-bond donors (Lipinski definition) is 1. The van der Waals surface area contributed by atoms with Gasteiger partial charge in [0, 0.05) is 19.1 Å². The number of benzene rings is 1. The average Bonchev–Trinajstić information content (AvgIpc) is 2.53. The van der Waals surface area contributed by atoms with Gasteiger partial charge < -0.3 is 10.6 Å². The van der Waals surface area contributed by atoms with Gasteiger partial charge in [-0.05, 0) is 30.2 Å². The largest absolute Gasteiger partial charge is 0.342 e. The number of nitrogens with zero attached hydrogens (tertiary/aromatic N) is 1. The van der Waals surface area contributed by atoms with Crippen molar-refractivity contribution in [3.8, 4) is 0 Å². The second-order valence-corrected chi connectivity index (χ2v) is 6.63. The molecule has 116 valence electrons. The number of hydrogen-bond acceptors (Lipinski definition) is 2. The average molecular weight is 288 g/mol. The molecule has 1 aromatic rings. The first-order valence-corrected chi connectivity index (χ1v) is 8.10. The summed E-state index contributed by atoms with van der Waals surface area (Å²) in [6, 6.07) is 9.70. The van der Waals surface area contributed by atoms with Crippen LogP contribution in [0.25, 0.3) is 0 Å². The van der Waals surface area contributed by atoms with E-state index in [9.17, 15) is 4.79 Å². The van der Waals surface area contributed by atoms with Gasteiger partial charge in [-0.2, -0.15) is 0 Å². The Bertz CT molecular complexity index is 450. The van der Waals surface area contributed by atoms with Crippen LogP contribution in [0.4, 0.5) is 0 Å². The number of carbonyl (C=O) groups excluding carboxylic acids is 1. The van der Waals surface area contributed by atoms with Gasteiger partial charge in [0.05, 0.1) is 5.92 Å². The van der Waals surface area contributed by atoms with Crippen molar-refractivity contribution in [3.05, 3.63) is 35.9 Å². The fraction of sp³-hybridized carbons (Fsp3) is 0.611. The minimum absolute atomic E-state index is 0.164. The number of piperidine rings is 1. The van der Waals surface area contributed by atoms with E-state index >= 15 is 0 Å². The van der Waals surface area contributed by atoms with Crippen LogP contribution in [0, 0.1) is 17.8 Å². The van der Waals surface area contributed by atoms with Crippen LogP contribution >= 0.6 is 0 Å². The third kappa shape index (κ3) is 3.85. The zero-order valence-corrected chi connectivity index (χ0v) is 13.5. The quantitative estimate of drug-likeness (QED) is 0.924. The molecule has 2 unspecified atom stereocenters. The normalized spacial score (nSPS) is 19.6. The third-order valence-electron chi connectivity index (χ3n) is 4.91. The molecular weight excluding hydrogens is 260 g/mol. The lowest BCUT2D eigenvalue weighted by Crippen LogP contribution is -2.44. The second-order valence-electron chi connectivity index (χ2n) is 6.63. The zero-order valence-electron chi connectivity index (χ0n) is 13.5. The minimum Gasteiger partial charge on any atom is -0.342 e. The Hall–Kier alpha value is -1.35. The van der Waals surface area contributed by atoms with Gasteiger partial charge >= 0.3 is 0 Å². The van der Waals surface area contributed by atoms with Crippen molar-refractivity contribution in [2.45, 2.75) is 39.7 Å². The van der Waals surface area contributed by atoms with Crippen molar-refractivity contribution in [2.24, 2.45) is 23.5 Å². The Labute approximate surface area is 128 Å². The van der Waals surface area contributed by atoms with Crippen LogP contribution in [-0.2, 0) is 4.79 Å². The summed E-state index contributed by atoms with van der Waals surface area (Å²) < 4.78 is 0. The predicted octanol–water partition coefficient (Wildman–Crippen LogP) is 3.22. The van der Waals surface area contributed by atoms with Crippen LogP contribution in [0.15, 0.2) is 30.3 Å². The van der Waals surface area contributed by atoms with Crippen LogP contribution in [-0.4, -0.2) is 23.9 Å². The molecule has 0 aliphatic carbocycles. The standard InChI is InChI=1S/C18H28N2O/c1-13(2)15-9-11-20(12-10-15)18(21)14(3)17(19)16-7-5-4-6-8-16/h4-8,13-15,17H,9-12,19H2,1-3H3. The van der Waals surface area contributed by atoms with E-state index in [0.29, 0.717) is 5.92 Å². The number of rotatable bonds is 4. The first-order chi connectivity index (χ1) is 10.0. The highest BCUT2D eigenvalue weighted by atomic mass is 16.2. The van der Waals surface area contributed by atoms with Gasteiger partial charge in [0.1, 0.15) is 0 Å². The van der Waals surface area contributed by atoms with Crippen molar-refractivity contribution >= 4 is 5.91 Å². The smallest absolute Gasteiger partial charge is 0.227 e. The highest BCUT2D eigenvalue weighted by Crippen LogP contribution is 2.27. The monoisotopic (exact) mass is 288 g/mol. The van der Waals surface area contributed by atoms with E-state index in [1.54, 1.807) is 0 Å². The van der Waals surface area contributed by atoms with Gasteiger partial charge in [-0.25, -0.2) is 0 Å². The van der Waals surface area contributed by atoms with Gasteiger partial charge in [0.25, 0.3) is 0 Å². The summed E-state index contributed by atoms with van der Waals surface area (Å²) in [7, 11) is 0. The molecule has 1 aliphatic heterocycles. The number of likely N-dealkylation sites (tertiary alicyclic amines) is 1. The highest BCUT2D eigenvalue weighted by Gasteiger charge is 2.30. The lowest BCUT2D eigenvalue weighted by molar-refractivity contribution is -0.137. The molecule has 2 atom stereocenters. The molecule has 1 heterocycles. The SMILES string of the molecule is CC(C)C1CCN(C(=O)C(C)C(N)c2ccccc2)CC1. The van der Waals surface area contributed by atoms with Gasteiger partial charge in [-0.1, -0.05) is 51.1 Å². The molecule has 1 aromatic carbocycles. The summed E-state index contributed by atoms with van der Waals surface area (Å²) in [5.41, 5.74) is 7.31. The Kier molecular flexibility index (Phi) is 5.40. The van der Waals surface area contributed by atoms with Crippen molar-refractivity contribution in [2.75, 3.05) is 13.1 Å². The molecule has 3 heteroatoms. The number of amides is 1. The predicted molar refractivity (Wildman–Crippen MR) is 86.7 cm³/mol. The Morgan fingerprint density at radius 3 is 2.24 bits per heavy atom. The van der Waals surface area contributed by atoms with Crippen molar-refractivity contribution in [1.82, 2.24) is 4.90 Å².